The zero-order valence-corrected chi connectivity index (χ0v) is 14.0. The van der Waals surface area contributed by atoms with Crippen molar-refractivity contribution in [1.82, 2.24) is 5.32 Å². The lowest BCUT2D eigenvalue weighted by Gasteiger charge is -2.17. The van der Waals surface area contributed by atoms with E-state index in [-0.39, 0.29) is 28.6 Å². The molecule has 0 heterocycles. The highest BCUT2D eigenvalue weighted by molar-refractivity contribution is 6.33. The van der Waals surface area contributed by atoms with Crippen LogP contribution in [0.1, 0.15) is 42.7 Å². The SMILES string of the molecule is CC(C)Oc1cccc(C(C)NC(=O)c2ccc(F)cc2Cl)c1. The molecule has 3 nitrogen and oxygen atoms in total. The summed E-state index contributed by atoms with van der Waals surface area (Å²) in [6, 6.07) is 11.0. The standard InChI is InChI=1S/C18H19ClFNO2/c1-11(2)23-15-6-4-5-13(9-15)12(3)21-18(22)16-8-7-14(20)10-17(16)19/h4-12H,1-3H3,(H,21,22). The third-order valence-corrected chi connectivity index (χ3v) is 3.57. The number of carbonyl (C=O) groups excluding carboxylic acids is 1. The Bertz CT molecular complexity index is 703. The maximum absolute atomic E-state index is 13.1. The smallest absolute Gasteiger partial charge is 0.253 e. The highest BCUT2D eigenvalue weighted by Gasteiger charge is 2.15. The third-order valence-electron chi connectivity index (χ3n) is 3.25. The molecule has 0 aliphatic heterocycles. The van der Waals surface area contributed by atoms with Crippen LogP contribution >= 0.6 is 11.6 Å². The molecule has 0 radical (unpaired) electrons. The second kappa shape index (κ2) is 7.47. The second-order valence-corrected chi connectivity index (χ2v) is 5.97. The topological polar surface area (TPSA) is 38.3 Å². The molecule has 1 unspecified atom stereocenters. The maximum Gasteiger partial charge on any atom is 0.253 e. The molecule has 0 spiro atoms. The number of carbonyl (C=O) groups is 1. The van der Waals surface area contributed by atoms with Crippen molar-refractivity contribution in [3.05, 3.63) is 64.4 Å². The number of ether oxygens (including phenoxy) is 1. The van der Waals surface area contributed by atoms with Gasteiger partial charge >= 0.3 is 0 Å². The summed E-state index contributed by atoms with van der Waals surface area (Å²) in [5.74, 6) is -0.0748. The van der Waals surface area contributed by atoms with Crippen LogP contribution in [-0.4, -0.2) is 12.0 Å². The summed E-state index contributed by atoms with van der Waals surface area (Å²) in [7, 11) is 0. The van der Waals surface area contributed by atoms with Gasteiger partial charge in [-0.05, 0) is 56.7 Å². The van der Waals surface area contributed by atoms with Crippen molar-refractivity contribution in [2.24, 2.45) is 0 Å². The lowest BCUT2D eigenvalue weighted by molar-refractivity contribution is 0.0940. The van der Waals surface area contributed by atoms with Crippen LogP contribution < -0.4 is 10.1 Å². The average molecular weight is 336 g/mol. The van der Waals surface area contributed by atoms with Gasteiger partial charge in [0.2, 0.25) is 0 Å². The predicted octanol–water partition coefficient (Wildman–Crippen LogP) is 4.76. The van der Waals surface area contributed by atoms with Crippen molar-refractivity contribution >= 4 is 17.5 Å². The fraction of sp³-hybridized carbons (Fsp3) is 0.278. The summed E-state index contributed by atoms with van der Waals surface area (Å²) in [6.45, 7) is 5.77. The fourth-order valence-electron chi connectivity index (χ4n) is 2.16. The van der Waals surface area contributed by atoms with E-state index in [1.54, 1.807) is 0 Å². The number of rotatable bonds is 5. The van der Waals surface area contributed by atoms with Crippen LogP contribution in [0.4, 0.5) is 4.39 Å². The van der Waals surface area contributed by atoms with Crippen molar-refractivity contribution < 1.29 is 13.9 Å². The monoisotopic (exact) mass is 335 g/mol. The second-order valence-electron chi connectivity index (χ2n) is 5.56. The number of hydrogen-bond acceptors (Lipinski definition) is 2. The summed E-state index contributed by atoms with van der Waals surface area (Å²) in [5.41, 5.74) is 1.16. The molecule has 0 saturated carbocycles. The molecule has 0 fully saturated rings. The highest BCUT2D eigenvalue weighted by atomic mass is 35.5. The Balaban J connectivity index is 2.12. The Morgan fingerprint density at radius 1 is 1.17 bits per heavy atom. The van der Waals surface area contributed by atoms with E-state index < -0.39 is 5.82 Å². The van der Waals surface area contributed by atoms with Crippen molar-refractivity contribution in [1.29, 1.82) is 0 Å². The zero-order chi connectivity index (χ0) is 17.0. The van der Waals surface area contributed by atoms with E-state index >= 15 is 0 Å². The van der Waals surface area contributed by atoms with Gasteiger partial charge in [0.1, 0.15) is 11.6 Å². The first-order valence-corrected chi connectivity index (χ1v) is 7.77. The van der Waals surface area contributed by atoms with Crippen molar-refractivity contribution in [2.45, 2.75) is 32.9 Å². The van der Waals surface area contributed by atoms with Gasteiger partial charge in [0.05, 0.1) is 22.7 Å². The van der Waals surface area contributed by atoms with E-state index in [0.29, 0.717) is 0 Å². The first-order chi connectivity index (χ1) is 10.9. The Labute approximate surface area is 140 Å². The number of benzene rings is 2. The quantitative estimate of drug-likeness (QED) is 0.855. The predicted molar refractivity (Wildman–Crippen MR) is 89.5 cm³/mol. The maximum atomic E-state index is 13.1. The number of halogens is 2. The molecule has 2 aromatic rings. The molecule has 0 bridgehead atoms. The first-order valence-electron chi connectivity index (χ1n) is 7.39. The summed E-state index contributed by atoms with van der Waals surface area (Å²) in [6.07, 6.45) is 0.0770. The van der Waals surface area contributed by atoms with Gasteiger partial charge < -0.3 is 10.1 Å². The van der Waals surface area contributed by atoms with Gasteiger partial charge in [0.25, 0.3) is 5.91 Å². The molecular weight excluding hydrogens is 317 g/mol. The summed E-state index contributed by atoms with van der Waals surface area (Å²) < 4.78 is 18.7. The molecule has 2 rings (SSSR count). The van der Waals surface area contributed by atoms with Gasteiger partial charge in [-0.15, -0.1) is 0 Å². The van der Waals surface area contributed by atoms with Crippen molar-refractivity contribution in [2.75, 3.05) is 0 Å². The van der Waals surface area contributed by atoms with Gasteiger partial charge in [-0.25, -0.2) is 4.39 Å². The fourth-order valence-corrected chi connectivity index (χ4v) is 2.41. The van der Waals surface area contributed by atoms with Crippen LogP contribution in [0, 0.1) is 5.82 Å². The van der Waals surface area contributed by atoms with E-state index in [0.717, 1.165) is 17.4 Å². The summed E-state index contributed by atoms with van der Waals surface area (Å²) in [4.78, 5) is 12.3. The van der Waals surface area contributed by atoms with Gasteiger partial charge in [0.15, 0.2) is 0 Å². The van der Waals surface area contributed by atoms with Crippen LogP contribution in [0.15, 0.2) is 42.5 Å². The van der Waals surface area contributed by atoms with Crippen LogP contribution in [0.5, 0.6) is 5.75 Å². The van der Waals surface area contributed by atoms with Crippen molar-refractivity contribution in [3.8, 4) is 5.75 Å². The average Bonchev–Trinajstić information content (AvgIpc) is 2.46. The molecular formula is C18H19ClFNO2. The van der Waals surface area contributed by atoms with E-state index in [1.165, 1.54) is 12.1 Å². The lowest BCUT2D eigenvalue weighted by atomic mass is 10.1. The molecule has 1 amide bonds. The minimum absolute atomic E-state index is 0.0770. The highest BCUT2D eigenvalue weighted by Crippen LogP contribution is 2.22. The minimum atomic E-state index is -0.474. The molecule has 1 atom stereocenters. The molecule has 23 heavy (non-hydrogen) atoms. The first kappa shape index (κ1) is 17.3. The molecule has 0 saturated heterocycles. The van der Waals surface area contributed by atoms with E-state index in [9.17, 15) is 9.18 Å². The number of nitrogens with one attached hydrogen (secondary N) is 1. The third kappa shape index (κ3) is 4.70. The normalized spacial score (nSPS) is 12.1. The molecule has 2 aromatic carbocycles. The summed E-state index contributed by atoms with van der Waals surface area (Å²) >= 11 is 5.92. The van der Waals surface area contributed by atoms with Gasteiger partial charge in [-0.1, -0.05) is 23.7 Å². The number of hydrogen-bond donors (Lipinski definition) is 1. The minimum Gasteiger partial charge on any atom is -0.491 e. The Morgan fingerprint density at radius 2 is 1.91 bits per heavy atom. The molecule has 1 N–H and O–H groups in total. The molecule has 122 valence electrons. The van der Waals surface area contributed by atoms with Crippen LogP contribution in [0.3, 0.4) is 0 Å². The number of amides is 1. The van der Waals surface area contributed by atoms with E-state index in [1.807, 2.05) is 45.0 Å². The molecule has 0 aliphatic rings. The van der Waals surface area contributed by atoms with Crippen LogP contribution in [0.25, 0.3) is 0 Å². The largest absolute Gasteiger partial charge is 0.491 e. The summed E-state index contributed by atoms with van der Waals surface area (Å²) in [5, 5.41) is 2.94. The van der Waals surface area contributed by atoms with Gasteiger partial charge in [-0.2, -0.15) is 0 Å². The van der Waals surface area contributed by atoms with E-state index in [4.69, 9.17) is 16.3 Å². The van der Waals surface area contributed by atoms with E-state index in [2.05, 4.69) is 5.32 Å². The van der Waals surface area contributed by atoms with Crippen LogP contribution in [-0.2, 0) is 0 Å². The van der Waals surface area contributed by atoms with Crippen LogP contribution in [0.2, 0.25) is 5.02 Å². The van der Waals surface area contributed by atoms with Gasteiger partial charge in [0, 0.05) is 0 Å². The molecule has 0 aromatic heterocycles. The zero-order valence-electron chi connectivity index (χ0n) is 13.3. The van der Waals surface area contributed by atoms with Gasteiger partial charge in [-0.3, -0.25) is 4.79 Å². The molecule has 0 aliphatic carbocycles. The Kier molecular flexibility index (Phi) is 5.61. The molecule has 5 heteroatoms. The lowest BCUT2D eigenvalue weighted by Crippen LogP contribution is -2.27. The Morgan fingerprint density at radius 3 is 2.57 bits per heavy atom. The Hall–Kier alpha value is -2.07. The van der Waals surface area contributed by atoms with Crippen molar-refractivity contribution in [3.63, 3.8) is 0 Å².